The highest BCUT2D eigenvalue weighted by molar-refractivity contribution is 6.23. The lowest BCUT2D eigenvalue weighted by Gasteiger charge is -2.54. The van der Waals surface area contributed by atoms with Gasteiger partial charge in [0.05, 0.1) is 12.3 Å². The number of ether oxygens (including phenoxy) is 1. The molecule has 3 rings (SSSR count). The van der Waals surface area contributed by atoms with Gasteiger partial charge >= 0.3 is 0 Å². The Hall–Kier alpha value is -1.10. The molecule has 6 N–H and O–H groups in total. The molecule has 0 bridgehead atoms. The molecule has 0 aromatic heterocycles. The second-order valence-corrected chi connectivity index (χ2v) is 6.31. The molecule has 0 spiro atoms. The second kappa shape index (κ2) is 5.20. The number of alkyl halides is 1. The molecular formula is C14H16ClNO7. The van der Waals surface area contributed by atoms with Crippen molar-refractivity contribution in [2.75, 3.05) is 6.61 Å². The van der Waals surface area contributed by atoms with E-state index in [0.29, 0.717) is 5.69 Å². The van der Waals surface area contributed by atoms with Crippen molar-refractivity contribution in [1.82, 2.24) is 0 Å². The fraction of sp³-hybridized carbons (Fsp3) is 0.500. The van der Waals surface area contributed by atoms with Gasteiger partial charge in [0, 0.05) is 11.8 Å². The number of nitrogens with zero attached hydrogens (tertiary/aromatic N) is 1. The third-order valence-electron chi connectivity index (χ3n) is 4.39. The van der Waals surface area contributed by atoms with Crippen LogP contribution in [0.15, 0.2) is 29.3 Å². The number of para-hydroxylation sites is 1. The van der Waals surface area contributed by atoms with Crippen LogP contribution in [0.2, 0.25) is 0 Å². The first-order valence-electron chi connectivity index (χ1n) is 6.82. The van der Waals surface area contributed by atoms with E-state index in [9.17, 15) is 30.6 Å². The maximum atomic E-state index is 11.0. The van der Waals surface area contributed by atoms with Crippen LogP contribution in [0.1, 0.15) is 5.56 Å². The van der Waals surface area contributed by atoms with Gasteiger partial charge in [0.15, 0.2) is 22.6 Å². The number of hydrogen-bond donors (Lipinski definition) is 6. The molecule has 9 heteroatoms. The Kier molecular flexibility index (Phi) is 3.79. The summed E-state index contributed by atoms with van der Waals surface area (Å²) < 4.78 is 4.79. The minimum Gasteiger partial charge on any atom is -0.392 e. The van der Waals surface area contributed by atoms with Gasteiger partial charge in [0.25, 0.3) is 0 Å². The Morgan fingerprint density at radius 2 is 1.83 bits per heavy atom. The molecule has 0 radical (unpaired) electrons. The van der Waals surface area contributed by atoms with Gasteiger partial charge < -0.3 is 35.4 Å². The van der Waals surface area contributed by atoms with Crippen molar-refractivity contribution in [2.45, 2.75) is 34.8 Å². The molecule has 0 saturated carbocycles. The maximum Gasteiger partial charge on any atom is 0.196 e. The van der Waals surface area contributed by atoms with Crippen molar-refractivity contribution in [1.29, 1.82) is 0 Å². The first kappa shape index (κ1) is 16.7. The predicted octanol–water partition coefficient (Wildman–Crippen LogP) is -1.68. The second-order valence-electron chi connectivity index (χ2n) is 5.67. The van der Waals surface area contributed by atoms with E-state index in [1.165, 1.54) is 6.07 Å². The molecule has 2 heterocycles. The van der Waals surface area contributed by atoms with Gasteiger partial charge in [0.1, 0.15) is 12.2 Å². The lowest BCUT2D eigenvalue weighted by molar-refractivity contribution is -0.360. The average molecular weight is 346 g/mol. The molecular weight excluding hydrogens is 330 g/mol. The number of halogens is 1. The summed E-state index contributed by atoms with van der Waals surface area (Å²) in [5, 5.41) is 59.4. The molecule has 2 aliphatic heterocycles. The Bertz CT molecular complexity index is 658. The first-order valence-corrected chi connectivity index (χ1v) is 7.20. The van der Waals surface area contributed by atoms with Gasteiger partial charge in [-0.2, -0.15) is 0 Å². The van der Waals surface area contributed by atoms with Gasteiger partial charge in [-0.1, -0.05) is 29.8 Å². The van der Waals surface area contributed by atoms with Gasteiger partial charge in [0.2, 0.25) is 0 Å². The number of hydrogen-bond acceptors (Lipinski definition) is 8. The highest BCUT2D eigenvalue weighted by atomic mass is 35.5. The zero-order valence-corrected chi connectivity index (χ0v) is 12.5. The quantitative estimate of drug-likeness (QED) is 0.351. The molecule has 2 aliphatic rings. The van der Waals surface area contributed by atoms with Crippen LogP contribution in [0.5, 0.6) is 0 Å². The van der Waals surface area contributed by atoms with Crippen LogP contribution in [0.25, 0.3) is 0 Å². The Labute approximate surface area is 135 Å². The van der Waals surface area contributed by atoms with E-state index in [4.69, 9.17) is 16.3 Å². The van der Waals surface area contributed by atoms with Gasteiger partial charge in [-0.3, -0.25) is 4.99 Å². The van der Waals surface area contributed by atoms with Crippen molar-refractivity contribution in [3.63, 3.8) is 0 Å². The van der Waals surface area contributed by atoms with E-state index in [2.05, 4.69) is 4.99 Å². The van der Waals surface area contributed by atoms with Crippen LogP contribution in [-0.4, -0.2) is 72.6 Å². The molecule has 126 valence electrons. The minimum absolute atomic E-state index is 0.103. The molecule has 1 aromatic rings. The standard InChI is InChI=1S/C14H16ClNO7/c15-13(6-17)11(20)14(22,9(18)10(19)23-13)12(21)5-16-8-4-2-1-3-7(8)12/h1-5,9-11,17-22H,6H2/t9-,10-,11-,12?,13+,14+/m0/s1. The summed E-state index contributed by atoms with van der Waals surface area (Å²) in [6.45, 7) is -0.989. The first-order chi connectivity index (χ1) is 10.7. The van der Waals surface area contributed by atoms with Crippen LogP contribution in [0.3, 0.4) is 0 Å². The van der Waals surface area contributed by atoms with Crippen molar-refractivity contribution < 1.29 is 35.4 Å². The van der Waals surface area contributed by atoms with Crippen molar-refractivity contribution in [2.24, 2.45) is 4.99 Å². The Morgan fingerprint density at radius 3 is 2.48 bits per heavy atom. The van der Waals surface area contributed by atoms with Crippen LogP contribution in [0.4, 0.5) is 5.69 Å². The number of benzene rings is 1. The maximum absolute atomic E-state index is 11.0. The molecule has 1 fully saturated rings. The third kappa shape index (κ3) is 2.01. The summed E-state index contributed by atoms with van der Waals surface area (Å²) in [5.74, 6) is 0. The van der Waals surface area contributed by atoms with Crippen molar-refractivity contribution in [3.05, 3.63) is 29.8 Å². The molecule has 1 saturated heterocycles. The SMILES string of the molecule is OC[C@@]1(Cl)O[C@H](O)[C@H](O)[C@](O)(C2(O)C=Nc3ccccc32)[C@H]1O. The minimum atomic E-state index is -2.79. The number of aliphatic hydroxyl groups excluding tert-OH is 4. The molecule has 23 heavy (non-hydrogen) atoms. The summed E-state index contributed by atoms with van der Waals surface area (Å²) in [5.41, 5.74) is -4.73. The van der Waals surface area contributed by atoms with Crippen molar-refractivity contribution in [3.8, 4) is 0 Å². The highest BCUT2D eigenvalue weighted by Crippen LogP contribution is 2.50. The lowest BCUT2D eigenvalue weighted by atomic mass is 9.69. The normalized spacial score (nSPS) is 46.0. The van der Waals surface area contributed by atoms with E-state index >= 15 is 0 Å². The molecule has 6 atom stereocenters. The summed E-state index contributed by atoms with van der Waals surface area (Å²) >= 11 is 5.91. The molecule has 0 amide bonds. The van der Waals surface area contributed by atoms with Gasteiger partial charge in [-0.15, -0.1) is 0 Å². The zero-order valence-electron chi connectivity index (χ0n) is 11.7. The zero-order chi connectivity index (χ0) is 17.0. The van der Waals surface area contributed by atoms with E-state index in [0.717, 1.165) is 6.21 Å². The number of aliphatic imine (C=N–C) groups is 1. The van der Waals surface area contributed by atoms with Gasteiger partial charge in [-0.25, -0.2) is 0 Å². The summed E-state index contributed by atoms with van der Waals surface area (Å²) in [4.78, 5) is 3.96. The van der Waals surface area contributed by atoms with E-state index in [-0.39, 0.29) is 5.56 Å². The Balaban J connectivity index is 2.18. The van der Waals surface area contributed by atoms with Crippen LogP contribution in [0, 0.1) is 0 Å². The van der Waals surface area contributed by atoms with E-state index < -0.39 is 41.4 Å². The van der Waals surface area contributed by atoms with Crippen molar-refractivity contribution >= 4 is 23.5 Å². The molecule has 1 unspecified atom stereocenters. The van der Waals surface area contributed by atoms with Crippen LogP contribution >= 0.6 is 11.6 Å². The summed E-state index contributed by atoms with van der Waals surface area (Å²) in [6, 6.07) is 6.21. The van der Waals surface area contributed by atoms with E-state index in [1.54, 1.807) is 18.2 Å². The molecule has 1 aromatic carbocycles. The third-order valence-corrected chi connectivity index (χ3v) is 4.81. The highest BCUT2D eigenvalue weighted by Gasteiger charge is 2.70. The number of fused-ring (bicyclic) bond motifs is 1. The number of rotatable bonds is 2. The largest absolute Gasteiger partial charge is 0.392 e. The molecule has 8 nitrogen and oxygen atoms in total. The predicted molar refractivity (Wildman–Crippen MR) is 78.2 cm³/mol. The van der Waals surface area contributed by atoms with Crippen LogP contribution < -0.4 is 0 Å². The number of aliphatic hydroxyl groups is 6. The van der Waals surface area contributed by atoms with E-state index in [1.807, 2.05) is 0 Å². The fourth-order valence-corrected chi connectivity index (χ4v) is 3.31. The Morgan fingerprint density at radius 1 is 1.17 bits per heavy atom. The molecule has 0 aliphatic carbocycles. The fourth-order valence-electron chi connectivity index (χ4n) is 3.06. The smallest absolute Gasteiger partial charge is 0.196 e. The summed E-state index contributed by atoms with van der Waals surface area (Å²) in [6.07, 6.45) is -5.39. The average Bonchev–Trinajstić information content (AvgIpc) is 2.90. The lowest BCUT2D eigenvalue weighted by Crippen LogP contribution is -2.77. The summed E-state index contributed by atoms with van der Waals surface area (Å²) in [7, 11) is 0. The van der Waals surface area contributed by atoms with Gasteiger partial charge in [-0.05, 0) is 6.07 Å². The topological polar surface area (TPSA) is 143 Å². The monoisotopic (exact) mass is 345 g/mol. The van der Waals surface area contributed by atoms with Crippen LogP contribution in [-0.2, 0) is 10.3 Å².